The molecular formula is C10H13N3O5S. The fourth-order valence-corrected chi connectivity index (χ4v) is 3.01. The number of piperidine rings is 1. The maximum atomic E-state index is 11.8. The molecule has 1 atom stereocenters. The summed E-state index contributed by atoms with van der Waals surface area (Å²) >= 11 is 0. The normalized spacial score (nSPS) is 20.4. The van der Waals surface area contributed by atoms with Crippen molar-refractivity contribution in [1.82, 2.24) is 15.2 Å². The van der Waals surface area contributed by atoms with Gasteiger partial charge in [0.25, 0.3) is 0 Å². The molecule has 0 bridgehead atoms. The minimum absolute atomic E-state index is 0.113. The molecule has 1 saturated heterocycles. The number of nitrogens with one attached hydrogen (secondary N) is 2. The third-order valence-electron chi connectivity index (χ3n) is 2.58. The monoisotopic (exact) mass is 287 g/mol. The van der Waals surface area contributed by atoms with Crippen LogP contribution >= 0.6 is 0 Å². The van der Waals surface area contributed by atoms with Gasteiger partial charge in [0.05, 0.1) is 0 Å². The van der Waals surface area contributed by atoms with E-state index in [0.717, 1.165) is 0 Å². The van der Waals surface area contributed by atoms with Gasteiger partial charge in [0.1, 0.15) is 23.2 Å². The molecule has 2 amide bonds. The Kier molecular flexibility index (Phi) is 3.67. The Labute approximate surface area is 109 Å². The Morgan fingerprint density at radius 3 is 2.84 bits per heavy atom. The Balaban J connectivity index is 2.01. The summed E-state index contributed by atoms with van der Waals surface area (Å²) in [5.74, 6) is -0.892. The van der Waals surface area contributed by atoms with Crippen LogP contribution in [-0.4, -0.2) is 31.4 Å². The van der Waals surface area contributed by atoms with Gasteiger partial charge in [-0.3, -0.25) is 14.9 Å². The Bertz CT molecular complexity index is 606. The number of carbonyl (C=O) groups is 2. The van der Waals surface area contributed by atoms with Crippen LogP contribution in [0.3, 0.4) is 0 Å². The van der Waals surface area contributed by atoms with Crippen molar-refractivity contribution in [3.05, 3.63) is 17.5 Å². The molecule has 8 nitrogen and oxygen atoms in total. The van der Waals surface area contributed by atoms with Crippen molar-refractivity contribution >= 4 is 21.8 Å². The summed E-state index contributed by atoms with van der Waals surface area (Å²) in [4.78, 5) is 22.4. The predicted molar refractivity (Wildman–Crippen MR) is 63.2 cm³/mol. The summed E-state index contributed by atoms with van der Waals surface area (Å²) in [5.41, 5.74) is 0.261. The Hall–Kier alpha value is -1.74. The molecule has 0 spiro atoms. The molecule has 0 saturated carbocycles. The predicted octanol–water partition coefficient (Wildman–Crippen LogP) is -0.792. The fraction of sp³-hybridized carbons (Fsp3) is 0.500. The molecule has 0 aliphatic carbocycles. The van der Waals surface area contributed by atoms with Crippen LogP contribution in [0.25, 0.3) is 0 Å². The maximum absolute atomic E-state index is 11.8. The van der Waals surface area contributed by atoms with Gasteiger partial charge in [0.2, 0.25) is 21.8 Å². The van der Waals surface area contributed by atoms with Crippen LogP contribution in [0.5, 0.6) is 0 Å². The lowest BCUT2D eigenvalue weighted by molar-refractivity contribution is -0.134. The third kappa shape index (κ3) is 3.61. The maximum Gasteiger partial charge on any atom is 0.244 e. The van der Waals surface area contributed by atoms with E-state index in [1.807, 2.05) is 0 Å². The van der Waals surface area contributed by atoms with Gasteiger partial charge in [0.15, 0.2) is 0 Å². The highest BCUT2D eigenvalue weighted by atomic mass is 32.2. The molecule has 2 heterocycles. The van der Waals surface area contributed by atoms with Crippen LogP contribution in [0.1, 0.15) is 24.3 Å². The van der Waals surface area contributed by atoms with Gasteiger partial charge >= 0.3 is 0 Å². The molecule has 0 aromatic carbocycles. The lowest BCUT2D eigenvalue weighted by Gasteiger charge is -2.21. The first-order valence-corrected chi connectivity index (χ1v) is 7.27. The fourth-order valence-electron chi connectivity index (χ4n) is 1.75. The second-order valence-corrected chi connectivity index (χ2v) is 6.06. The highest BCUT2D eigenvalue weighted by Gasteiger charge is 2.30. The zero-order chi connectivity index (χ0) is 14.0. The topological polar surface area (TPSA) is 118 Å². The van der Waals surface area contributed by atoms with Gasteiger partial charge < -0.3 is 4.52 Å². The van der Waals surface area contributed by atoms with Gasteiger partial charge in [-0.2, -0.15) is 0 Å². The first-order valence-electron chi connectivity index (χ1n) is 5.61. The average molecular weight is 287 g/mol. The van der Waals surface area contributed by atoms with Crippen LogP contribution < -0.4 is 10.0 Å². The van der Waals surface area contributed by atoms with Crippen molar-refractivity contribution in [3.63, 3.8) is 0 Å². The quantitative estimate of drug-likeness (QED) is 0.700. The van der Waals surface area contributed by atoms with Crippen molar-refractivity contribution in [2.75, 3.05) is 0 Å². The molecule has 19 heavy (non-hydrogen) atoms. The number of rotatable bonds is 4. The van der Waals surface area contributed by atoms with Crippen molar-refractivity contribution < 1.29 is 22.5 Å². The molecule has 1 unspecified atom stereocenters. The van der Waals surface area contributed by atoms with Gasteiger partial charge in [-0.1, -0.05) is 5.16 Å². The minimum atomic E-state index is -3.72. The largest absolute Gasteiger partial charge is 0.361 e. The number of sulfonamides is 1. The minimum Gasteiger partial charge on any atom is -0.361 e. The molecule has 1 aliphatic rings. The van der Waals surface area contributed by atoms with E-state index in [1.54, 1.807) is 6.92 Å². The number of hydrogen-bond acceptors (Lipinski definition) is 6. The highest BCUT2D eigenvalue weighted by Crippen LogP contribution is 2.09. The van der Waals surface area contributed by atoms with Gasteiger partial charge in [-0.25, -0.2) is 13.1 Å². The SMILES string of the molecule is Cc1cc(CS(=O)(=O)NC2CCC(=O)NC2=O)no1. The number of hydrogen-bond donors (Lipinski definition) is 2. The van der Waals surface area contributed by atoms with E-state index < -0.39 is 27.9 Å². The standard InChI is InChI=1S/C10H13N3O5S/c1-6-4-7(12-18-6)5-19(16,17)13-8-2-3-9(14)11-10(8)15/h4,8,13H,2-3,5H2,1H3,(H,11,14,15). The van der Waals surface area contributed by atoms with Crippen molar-refractivity contribution in [2.24, 2.45) is 0 Å². The van der Waals surface area contributed by atoms with E-state index in [9.17, 15) is 18.0 Å². The Morgan fingerprint density at radius 1 is 1.53 bits per heavy atom. The van der Waals surface area contributed by atoms with Gasteiger partial charge in [0, 0.05) is 12.5 Å². The van der Waals surface area contributed by atoms with Crippen LogP contribution in [0.2, 0.25) is 0 Å². The molecule has 0 radical (unpaired) electrons. The number of nitrogens with zero attached hydrogens (tertiary/aromatic N) is 1. The van der Waals surface area contributed by atoms with E-state index >= 15 is 0 Å². The summed E-state index contributed by atoms with van der Waals surface area (Å²) in [6, 6.07) is 0.583. The molecule has 1 aromatic rings. The number of aromatic nitrogens is 1. The number of imide groups is 1. The van der Waals surface area contributed by atoms with E-state index in [4.69, 9.17) is 4.52 Å². The molecule has 104 valence electrons. The lowest BCUT2D eigenvalue weighted by atomic mass is 10.1. The summed E-state index contributed by atoms with van der Waals surface area (Å²) in [6.07, 6.45) is 0.268. The van der Waals surface area contributed by atoms with Crippen LogP contribution in [-0.2, 0) is 25.4 Å². The van der Waals surface area contributed by atoms with E-state index in [1.165, 1.54) is 6.07 Å². The van der Waals surface area contributed by atoms with Gasteiger partial charge in [-0.15, -0.1) is 0 Å². The van der Waals surface area contributed by atoms with Crippen molar-refractivity contribution in [2.45, 2.75) is 31.6 Å². The third-order valence-corrected chi connectivity index (χ3v) is 3.90. The lowest BCUT2D eigenvalue weighted by Crippen LogP contribution is -2.52. The molecule has 1 fully saturated rings. The molecule has 2 N–H and O–H groups in total. The van der Waals surface area contributed by atoms with Crippen molar-refractivity contribution in [1.29, 1.82) is 0 Å². The summed E-state index contributed by atoms with van der Waals surface area (Å²) in [5, 5.41) is 5.66. The first-order chi connectivity index (χ1) is 8.85. The summed E-state index contributed by atoms with van der Waals surface area (Å²) in [6.45, 7) is 1.65. The number of amides is 2. The second kappa shape index (κ2) is 5.10. The highest BCUT2D eigenvalue weighted by molar-refractivity contribution is 7.88. The Morgan fingerprint density at radius 2 is 2.26 bits per heavy atom. The molecule has 2 rings (SSSR count). The zero-order valence-corrected chi connectivity index (χ0v) is 11.0. The number of carbonyl (C=O) groups excluding carboxylic acids is 2. The summed E-state index contributed by atoms with van der Waals surface area (Å²) in [7, 11) is -3.72. The molecular weight excluding hydrogens is 274 g/mol. The van der Waals surface area contributed by atoms with E-state index in [0.29, 0.717) is 5.76 Å². The smallest absolute Gasteiger partial charge is 0.244 e. The zero-order valence-electron chi connectivity index (χ0n) is 10.2. The summed E-state index contributed by atoms with van der Waals surface area (Å²) < 4.78 is 30.7. The first kappa shape index (κ1) is 13.7. The molecule has 1 aromatic heterocycles. The van der Waals surface area contributed by atoms with Gasteiger partial charge in [-0.05, 0) is 13.3 Å². The average Bonchev–Trinajstić information content (AvgIpc) is 2.67. The molecule has 1 aliphatic heterocycles. The van der Waals surface area contributed by atoms with Crippen LogP contribution in [0, 0.1) is 6.92 Å². The van der Waals surface area contributed by atoms with Crippen LogP contribution in [0.15, 0.2) is 10.6 Å². The van der Waals surface area contributed by atoms with E-state index in [2.05, 4.69) is 15.2 Å². The number of aryl methyl sites for hydroxylation is 1. The second-order valence-electron chi connectivity index (χ2n) is 4.31. The molecule has 9 heteroatoms. The van der Waals surface area contributed by atoms with Crippen molar-refractivity contribution in [3.8, 4) is 0 Å². The van der Waals surface area contributed by atoms with Crippen LogP contribution in [0.4, 0.5) is 0 Å². The van der Waals surface area contributed by atoms with E-state index in [-0.39, 0.29) is 24.3 Å².